The molecule has 0 fully saturated rings. The third kappa shape index (κ3) is 2.87. The van der Waals surface area contributed by atoms with Gasteiger partial charge in [0.1, 0.15) is 12.1 Å². The van der Waals surface area contributed by atoms with Gasteiger partial charge in [0.05, 0.1) is 10.6 Å². The third-order valence-corrected chi connectivity index (χ3v) is 3.23. The van der Waals surface area contributed by atoms with Crippen LogP contribution in [0.2, 0.25) is 0 Å². The molecular formula is C12H13FN2OS. The maximum absolute atomic E-state index is 13.7. The van der Waals surface area contributed by atoms with Gasteiger partial charge in [-0.1, -0.05) is 12.1 Å². The smallest absolute Gasteiger partial charge is 0.260 e. The first kappa shape index (κ1) is 12.1. The SMILES string of the molecule is CNCc1cccc(F)c1Sc1nc(C)co1. The molecule has 1 aromatic heterocycles. The number of oxazole rings is 1. The van der Waals surface area contributed by atoms with E-state index < -0.39 is 0 Å². The first-order valence-electron chi connectivity index (χ1n) is 5.22. The monoisotopic (exact) mass is 252 g/mol. The van der Waals surface area contributed by atoms with E-state index in [-0.39, 0.29) is 5.82 Å². The molecule has 0 saturated heterocycles. The molecule has 0 unspecified atom stereocenters. The number of hydrogen-bond acceptors (Lipinski definition) is 4. The summed E-state index contributed by atoms with van der Waals surface area (Å²) in [6.45, 7) is 2.45. The van der Waals surface area contributed by atoms with Crippen LogP contribution in [0.4, 0.5) is 4.39 Å². The molecule has 2 aromatic rings. The number of halogens is 1. The standard InChI is InChI=1S/C12H13FN2OS/c1-8-7-16-12(15-8)17-11-9(6-14-2)4-3-5-10(11)13/h3-5,7,14H,6H2,1-2H3. The van der Waals surface area contributed by atoms with Gasteiger partial charge in [0.25, 0.3) is 5.22 Å². The van der Waals surface area contributed by atoms with Crippen LogP contribution in [-0.4, -0.2) is 12.0 Å². The molecule has 1 N–H and O–H groups in total. The summed E-state index contributed by atoms with van der Waals surface area (Å²) in [5.74, 6) is -0.251. The van der Waals surface area contributed by atoms with Crippen molar-refractivity contribution in [2.45, 2.75) is 23.6 Å². The summed E-state index contributed by atoms with van der Waals surface area (Å²) >= 11 is 1.21. The lowest BCUT2D eigenvalue weighted by molar-refractivity contribution is 0.453. The lowest BCUT2D eigenvalue weighted by Gasteiger charge is -2.07. The molecule has 3 nitrogen and oxygen atoms in total. The van der Waals surface area contributed by atoms with Gasteiger partial charge in [-0.15, -0.1) is 0 Å². The molecule has 90 valence electrons. The number of rotatable bonds is 4. The minimum absolute atomic E-state index is 0.251. The quantitative estimate of drug-likeness (QED) is 0.907. The molecule has 0 saturated carbocycles. The zero-order valence-corrected chi connectivity index (χ0v) is 10.5. The minimum Gasteiger partial charge on any atom is -0.439 e. The maximum atomic E-state index is 13.7. The summed E-state index contributed by atoms with van der Waals surface area (Å²) in [6, 6.07) is 5.03. The molecule has 1 aromatic carbocycles. The van der Waals surface area contributed by atoms with Crippen molar-refractivity contribution in [1.29, 1.82) is 0 Å². The Morgan fingerprint density at radius 3 is 2.94 bits per heavy atom. The van der Waals surface area contributed by atoms with E-state index in [1.807, 2.05) is 20.0 Å². The zero-order chi connectivity index (χ0) is 12.3. The number of nitrogens with zero attached hydrogens (tertiary/aromatic N) is 1. The average Bonchev–Trinajstić information content (AvgIpc) is 2.70. The fraction of sp³-hybridized carbons (Fsp3) is 0.250. The Labute approximate surface area is 103 Å². The molecule has 0 bridgehead atoms. The highest BCUT2D eigenvalue weighted by Gasteiger charge is 2.12. The molecule has 0 aliphatic rings. The van der Waals surface area contributed by atoms with E-state index in [9.17, 15) is 4.39 Å². The second-order valence-corrected chi connectivity index (χ2v) is 4.58. The van der Waals surface area contributed by atoms with Crippen molar-refractivity contribution < 1.29 is 8.81 Å². The van der Waals surface area contributed by atoms with Crippen LogP contribution in [-0.2, 0) is 6.54 Å². The van der Waals surface area contributed by atoms with E-state index in [0.29, 0.717) is 16.7 Å². The van der Waals surface area contributed by atoms with Gasteiger partial charge in [0, 0.05) is 6.54 Å². The second-order valence-electron chi connectivity index (χ2n) is 3.62. The molecule has 17 heavy (non-hydrogen) atoms. The highest BCUT2D eigenvalue weighted by atomic mass is 32.2. The molecule has 0 atom stereocenters. The third-order valence-electron chi connectivity index (χ3n) is 2.20. The van der Waals surface area contributed by atoms with E-state index in [1.165, 1.54) is 17.8 Å². The number of hydrogen-bond donors (Lipinski definition) is 1. The van der Waals surface area contributed by atoms with Crippen LogP contribution >= 0.6 is 11.8 Å². The summed E-state index contributed by atoms with van der Waals surface area (Å²) in [5.41, 5.74) is 1.69. The lowest BCUT2D eigenvalue weighted by atomic mass is 10.2. The first-order valence-corrected chi connectivity index (χ1v) is 6.04. The summed E-state index contributed by atoms with van der Waals surface area (Å²) in [6.07, 6.45) is 1.56. The lowest BCUT2D eigenvalue weighted by Crippen LogP contribution is -2.06. The van der Waals surface area contributed by atoms with E-state index in [0.717, 1.165) is 11.3 Å². The fourth-order valence-corrected chi connectivity index (χ4v) is 2.36. The van der Waals surface area contributed by atoms with E-state index in [4.69, 9.17) is 4.42 Å². The van der Waals surface area contributed by atoms with E-state index in [1.54, 1.807) is 12.3 Å². The molecule has 0 aliphatic carbocycles. The maximum Gasteiger partial charge on any atom is 0.260 e. The van der Waals surface area contributed by atoms with Crippen molar-refractivity contribution in [3.8, 4) is 0 Å². The predicted molar refractivity (Wildman–Crippen MR) is 64.5 cm³/mol. The van der Waals surface area contributed by atoms with Crippen molar-refractivity contribution in [2.75, 3.05) is 7.05 Å². The zero-order valence-electron chi connectivity index (χ0n) is 9.66. The van der Waals surface area contributed by atoms with Gasteiger partial charge in [-0.2, -0.15) is 0 Å². The Morgan fingerprint density at radius 1 is 1.47 bits per heavy atom. The largest absolute Gasteiger partial charge is 0.439 e. The predicted octanol–water partition coefficient (Wildman–Crippen LogP) is 2.99. The molecule has 2 rings (SSSR count). The van der Waals surface area contributed by atoms with Crippen LogP contribution in [0.1, 0.15) is 11.3 Å². The van der Waals surface area contributed by atoms with Crippen LogP contribution in [0.3, 0.4) is 0 Å². The normalized spacial score (nSPS) is 10.8. The van der Waals surface area contributed by atoms with Crippen molar-refractivity contribution in [3.63, 3.8) is 0 Å². The van der Waals surface area contributed by atoms with Gasteiger partial charge in [0.15, 0.2) is 0 Å². The average molecular weight is 252 g/mol. The highest BCUT2D eigenvalue weighted by molar-refractivity contribution is 7.99. The fourth-order valence-electron chi connectivity index (χ4n) is 1.46. The topological polar surface area (TPSA) is 38.1 Å². The summed E-state index contributed by atoms with van der Waals surface area (Å²) in [4.78, 5) is 4.72. The molecule has 0 radical (unpaired) electrons. The number of nitrogens with one attached hydrogen (secondary N) is 1. The molecule has 1 heterocycles. The molecule has 0 aliphatic heterocycles. The van der Waals surface area contributed by atoms with Crippen LogP contribution in [0.25, 0.3) is 0 Å². The van der Waals surface area contributed by atoms with Crippen molar-refractivity contribution >= 4 is 11.8 Å². The second kappa shape index (κ2) is 5.33. The van der Waals surface area contributed by atoms with Crippen LogP contribution in [0.15, 0.2) is 39.0 Å². The number of aromatic nitrogens is 1. The Balaban J connectivity index is 2.30. The van der Waals surface area contributed by atoms with Gasteiger partial charge in [-0.05, 0) is 37.4 Å². The molecule has 0 amide bonds. The van der Waals surface area contributed by atoms with Gasteiger partial charge >= 0.3 is 0 Å². The van der Waals surface area contributed by atoms with Crippen LogP contribution in [0.5, 0.6) is 0 Å². The van der Waals surface area contributed by atoms with E-state index >= 15 is 0 Å². The number of aryl methyl sites for hydroxylation is 1. The van der Waals surface area contributed by atoms with Crippen molar-refractivity contribution in [2.24, 2.45) is 0 Å². The van der Waals surface area contributed by atoms with Crippen LogP contribution in [0, 0.1) is 12.7 Å². The number of benzene rings is 1. The van der Waals surface area contributed by atoms with E-state index in [2.05, 4.69) is 10.3 Å². The summed E-state index contributed by atoms with van der Waals surface area (Å²) in [7, 11) is 1.83. The molecule has 5 heteroatoms. The van der Waals surface area contributed by atoms with Gasteiger partial charge in [-0.25, -0.2) is 9.37 Å². The highest BCUT2D eigenvalue weighted by Crippen LogP contribution is 2.32. The Morgan fingerprint density at radius 2 is 2.29 bits per heavy atom. The Hall–Kier alpha value is -1.33. The first-order chi connectivity index (χ1) is 8.20. The Bertz CT molecular complexity index is 513. The summed E-state index contributed by atoms with van der Waals surface area (Å²) < 4.78 is 19.0. The summed E-state index contributed by atoms with van der Waals surface area (Å²) in [5, 5.41) is 3.47. The molecular weight excluding hydrogens is 239 g/mol. The van der Waals surface area contributed by atoms with Gasteiger partial charge in [-0.3, -0.25) is 0 Å². The molecule has 0 spiro atoms. The van der Waals surface area contributed by atoms with Gasteiger partial charge in [0.2, 0.25) is 0 Å². The Kier molecular flexibility index (Phi) is 3.81. The van der Waals surface area contributed by atoms with Crippen molar-refractivity contribution in [1.82, 2.24) is 10.3 Å². The van der Waals surface area contributed by atoms with Gasteiger partial charge < -0.3 is 9.73 Å². The minimum atomic E-state index is -0.251. The van der Waals surface area contributed by atoms with Crippen LogP contribution < -0.4 is 5.32 Å². The van der Waals surface area contributed by atoms with Crippen molar-refractivity contribution in [3.05, 3.63) is 41.5 Å².